The maximum Gasteiger partial charge on any atom is 0.321 e. The largest absolute Gasteiger partial charge is 0.457 e. The Kier molecular flexibility index (Phi) is 8.34. The summed E-state index contributed by atoms with van der Waals surface area (Å²) in [6, 6.07) is 21.2. The number of carbonyl (C=O) groups excluding carboxylic acids is 3. The third-order valence-corrected chi connectivity index (χ3v) is 6.60. The Bertz CT molecular complexity index is 1310. The van der Waals surface area contributed by atoms with Crippen molar-refractivity contribution in [2.75, 3.05) is 25.5 Å². The number of anilines is 1. The zero-order valence-electron chi connectivity index (χ0n) is 19.1. The number of hydrogen-bond acceptors (Lipinski definition) is 7. The average Bonchev–Trinajstić information content (AvgIpc) is 2.83. The zero-order valence-corrected chi connectivity index (χ0v) is 19.9. The molecule has 0 fully saturated rings. The van der Waals surface area contributed by atoms with Gasteiger partial charge in [-0.2, -0.15) is 4.31 Å². The number of ether oxygens (including phenoxy) is 2. The SMILES string of the molecule is CC(=O)c1ccc(S(=O)(=O)N(C)CC(=O)OCC(=O)Nc2cccc(Oc3ccccc3)c2)cc1. The number of nitrogens with zero attached hydrogens (tertiary/aromatic N) is 1. The number of amides is 1. The first-order valence-electron chi connectivity index (χ1n) is 10.5. The van der Waals surface area contributed by atoms with E-state index in [0.717, 1.165) is 4.31 Å². The van der Waals surface area contributed by atoms with Gasteiger partial charge < -0.3 is 14.8 Å². The minimum atomic E-state index is -3.99. The van der Waals surface area contributed by atoms with E-state index >= 15 is 0 Å². The lowest BCUT2D eigenvalue weighted by molar-refractivity contribution is -0.147. The molecule has 182 valence electrons. The van der Waals surface area contributed by atoms with Gasteiger partial charge in [-0.15, -0.1) is 0 Å². The van der Waals surface area contributed by atoms with Crippen LogP contribution in [0.3, 0.4) is 0 Å². The van der Waals surface area contributed by atoms with E-state index in [1.165, 1.54) is 38.2 Å². The lowest BCUT2D eigenvalue weighted by atomic mass is 10.2. The fraction of sp³-hybridized carbons (Fsp3) is 0.160. The third kappa shape index (κ3) is 7.23. The number of rotatable bonds is 10. The molecule has 1 N–H and O–H groups in total. The molecule has 0 unspecified atom stereocenters. The van der Waals surface area contributed by atoms with Crippen LogP contribution in [0.1, 0.15) is 17.3 Å². The lowest BCUT2D eigenvalue weighted by Crippen LogP contribution is -2.34. The third-order valence-electron chi connectivity index (χ3n) is 4.78. The molecule has 0 bridgehead atoms. The van der Waals surface area contributed by atoms with Crippen molar-refractivity contribution in [2.45, 2.75) is 11.8 Å². The summed E-state index contributed by atoms with van der Waals surface area (Å²) in [6.07, 6.45) is 0. The van der Waals surface area contributed by atoms with Gasteiger partial charge in [-0.05, 0) is 43.3 Å². The fourth-order valence-electron chi connectivity index (χ4n) is 2.96. The van der Waals surface area contributed by atoms with Crippen molar-refractivity contribution in [2.24, 2.45) is 0 Å². The minimum Gasteiger partial charge on any atom is -0.457 e. The summed E-state index contributed by atoms with van der Waals surface area (Å²) in [4.78, 5) is 35.6. The molecule has 0 radical (unpaired) electrons. The molecule has 9 nitrogen and oxygen atoms in total. The van der Waals surface area contributed by atoms with Gasteiger partial charge in [0.05, 0.1) is 4.90 Å². The molecular weight excluding hydrogens is 472 g/mol. The Morgan fingerprint density at radius 2 is 1.54 bits per heavy atom. The molecule has 0 saturated heterocycles. The van der Waals surface area contributed by atoms with Crippen LogP contribution in [-0.2, 0) is 24.3 Å². The number of likely N-dealkylation sites (N-methyl/N-ethyl adjacent to an activating group) is 1. The van der Waals surface area contributed by atoms with E-state index in [1.54, 1.807) is 36.4 Å². The van der Waals surface area contributed by atoms with Gasteiger partial charge in [0.2, 0.25) is 10.0 Å². The second-order valence-electron chi connectivity index (χ2n) is 7.49. The maximum absolute atomic E-state index is 12.6. The van der Waals surface area contributed by atoms with Crippen molar-refractivity contribution in [1.29, 1.82) is 0 Å². The highest BCUT2D eigenvalue weighted by Gasteiger charge is 2.24. The molecule has 1 amide bonds. The molecule has 0 atom stereocenters. The summed E-state index contributed by atoms with van der Waals surface area (Å²) < 4.78 is 36.7. The zero-order chi connectivity index (χ0) is 25.4. The number of benzene rings is 3. The number of sulfonamides is 1. The number of nitrogens with one attached hydrogen (secondary N) is 1. The second kappa shape index (κ2) is 11.4. The molecular formula is C25H24N2O7S. The smallest absolute Gasteiger partial charge is 0.321 e. The molecule has 0 aromatic heterocycles. The maximum atomic E-state index is 12.6. The molecule has 0 spiro atoms. The van der Waals surface area contributed by atoms with Crippen molar-refractivity contribution >= 4 is 33.4 Å². The normalized spacial score (nSPS) is 11.1. The van der Waals surface area contributed by atoms with Gasteiger partial charge in [0, 0.05) is 24.4 Å². The predicted octanol–water partition coefficient (Wildman–Crippen LogP) is 3.48. The lowest BCUT2D eigenvalue weighted by Gasteiger charge is -2.16. The molecule has 0 aliphatic heterocycles. The number of para-hydroxylation sites is 1. The quantitative estimate of drug-likeness (QED) is 0.337. The molecule has 0 aliphatic carbocycles. The summed E-state index contributed by atoms with van der Waals surface area (Å²) in [5, 5.41) is 2.59. The van der Waals surface area contributed by atoms with Crippen LogP contribution in [0, 0.1) is 0 Å². The first kappa shape index (κ1) is 25.6. The van der Waals surface area contributed by atoms with Crippen LogP contribution in [0.15, 0.2) is 83.8 Å². The Morgan fingerprint density at radius 1 is 0.886 bits per heavy atom. The fourth-order valence-corrected chi connectivity index (χ4v) is 4.07. The van der Waals surface area contributed by atoms with Gasteiger partial charge in [0.1, 0.15) is 18.0 Å². The second-order valence-corrected chi connectivity index (χ2v) is 9.54. The number of Topliss-reactive ketones (excluding diaryl/α,β-unsaturated/α-hetero) is 1. The number of carbonyl (C=O) groups is 3. The summed E-state index contributed by atoms with van der Waals surface area (Å²) >= 11 is 0. The van der Waals surface area contributed by atoms with E-state index in [2.05, 4.69) is 5.32 Å². The first-order chi connectivity index (χ1) is 16.6. The van der Waals surface area contributed by atoms with Gasteiger partial charge in [-0.1, -0.05) is 36.4 Å². The van der Waals surface area contributed by atoms with Crippen LogP contribution in [0.5, 0.6) is 11.5 Å². The van der Waals surface area contributed by atoms with Crippen molar-refractivity contribution in [3.05, 3.63) is 84.4 Å². The van der Waals surface area contributed by atoms with Gasteiger partial charge >= 0.3 is 5.97 Å². The van der Waals surface area contributed by atoms with Crippen LogP contribution < -0.4 is 10.1 Å². The first-order valence-corrected chi connectivity index (χ1v) is 11.9. The summed E-state index contributed by atoms with van der Waals surface area (Å²) in [7, 11) is -2.77. The highest BCUT2D eigenvalue weighted by molar-refractivity contribution is 7.89. The van der Waals surface area contributed by atoms with Crippen LogP contribution >= 0.6 is 0 Å². The highest BCUT2D eigenvalue weighted by atomic mass is 32.2. The van der Waals surface area contributed by atoms with Gasteiger partial charge in [-0.25, -0.2) is 8.42 Å². The Morgan fingerprint density at radius 3 is 2.20 bits per heavy atom. The van der Waals surface area contributed by atoms with E-state index in [-0.39, 0.29) is 10.7 Å². The molecule has 0 aliphatic rings. The van der Waals surface area contributed by atoms with Crippen molar-refractivity contribution in [3.8, 4) is 11.5 Å². The summed E-state index contributed by atoms with van der Waals surface area (Å²) in [5.41, 5.74) is 0.808. The Labute approximate surface area is 203 Å². The monoisotopic (exact) mass is 496 g/mol. The van der Waals surface area contributed by atoms with Crippen LogP contribution in [0.25, 0.3) is 0 Å². The summed E-state index contributed by atoms with van der Waals surface area (Å²) in [6.45, 7) is 0.186. The molecule has 10 heteroatoms. The predicted molar refractivity (Wildman–Crippen MR) is 129 cm³/mol. The highest BCUT2D eigenvalue weighted by Crippen LogP contribution is 2.23. The Hall–Kier alpha value is -4.02. The van der Waals surface area contributed by atoms with E-state index in [0.29, 0.717) is 22.7 Å². The van der Waals surface area contributed by atoms with Crippen molar-refractivity contribution in [1.82, 2.24) is 4.31 Å². The van der Waals surface area contributed by atoms with Gasteiger partial charge in [-0.3, -0.25) is 14.4 Å². The van der Waals surface area contributed by atoms with Crippen molar-refractivity contribution in [3.63, 3.8) is 0 Å². The molecule has 0 heterocycles. The van der Waals surface area contributed by atoms with Crippen molar-refractivity contribution < 1.29 is 32.3 Å². The Balaban J connectivity index is 1.50. The average molecular weight is 497 g/mol. The molecule has 3 aromatic carbocycles. The van der Waals surface area contributed by atoms with Crippen LogP contribution in [-0.4, -0.2) is 50.6 Å². The van der Waals surface area contributed by atoms with Crippen LogP contribution in [0.4, 0.5) is 5.69 Å². The number of ketones is 1. The van der Waals surface area contributed by atoms with Gasteiger partial charge in [0.15, 0.2) is 12.4 Å². The van der Waals surface area contributed by atoms with Gasteiger partial charge in [0.25, 0.3) is 5.91 Å². The number of hydrogen-bond donors (Lipinski definition) is 1. The van der Waals surface area contributed by atoms with E-state index < -0.39 is 35.1 Å². The number of esters is 1. The molecule has 35 heavy (non-hydrogen) atoms. The minimum absolute atomic E-state index is 0.0758. The topological polar surface area (TPSA) is 119 Å². The summed E-state index contributed by atoms with van der Waals surface area (Å²) in [5.74, 6) is -0.541. The van der Waals surface area contributed by atoms with E-state index in [9.17, 15) is 22.8 Å². The van der Waals surface area contributed by atoms with E-state index in [4.69, 9.17) is 9.47 Å². The standard InChI is InChI=1S/C25H24N2O7S/c1-18(28)19-11-13-23(14-12-19)35(31,32)27(2)16-25(30)33-17-24(29)26-20-7-6-10-22(15-20)34-21-8-4-3-5-9-21/h3-15H,16-17H2,1-2H3,(H,26,29). The molecule has 3 aromatic rings. The molecule has 3 rings (SSSR count). The van der Waals surface area contributed by atoms with Crippen LogP contribution in [0.2, 0.25) is 0 Å². The van der Waals surface area contributed by atoms with E-state index in [1.807, 2.05) is 18.2 Å². The molecule has 0 saturated carbocycles.